The maximum absolute atomic E-state index is 12.0. The number of aromatic nitrogens is 1. The molecule has 1 atom stereocenters. The molecule has 1 aliphatic rings. The number of nitrogens with one attached hydrogen (secondary N) is 2. The molecule has 3 nitrogen and oxygen atoms in total. The second-order valence-corrected chi connectivity index (χ2v) is 4.95. The normalized spacial score (nSPS) is 17.7. The van der Waals surface area contributed by atoms with E-state index in [2.05, 4.69) is 23.3 Å². The number of anilines is 1. The van der Waals surface area contributed by atoms with Gasteiger partial charge in [-0.25, -0.2) is 0 Å². The lowest BCUT2D eigenvalue weighted by Gasteiger charge is -2.08. The first-order chi connectivity index (χ1) is 8.65. The Bertz CT molecular complexity index is 613. The fraction of sp³-hybridized carbons (Fsp3) is 0.267. The standard InChI is InChI=1S/C15H16N2O/c1-9-7-10(2)16-14(9)8-12-11-5-3-4-6-13(11)17-15(12)18/h3-7,12,16H,8H2,1-2H3,(H,17,18). The van der Waals surface area contributed by atoms with Gasteiger partial charge in [0.05, 0.1) is 5.92 Å². The predicted octanol–water partition coefficient (Wildman–Crippen LogP) is 2.91. The molecular weight excluding hydrogens is 224 g/mol. The van der Waals surface area contributed by atoms with E-state index in [9.17, 15) is 4.79 Å². The number of aryl methyl sites for hydroxylation is 2. The number of H-pyrrole nitrogens is 1. The van der Waals surface area contributed by atoms with Crippen molar-refractivity contribution < 1.29 is 4.79 Å². The van der Waals surface area contributed by atoms with Gasteiger partial charge in [-0.1, -0.05) is 18.2 Å². The number of rotatable bonds is 2. The summed E-state index contributed by atoms with van der Waals surface area (Å²) in [4.78, 5) is 15.4. The number of fused-ring (bicyclic) bond motifs is 1. The first kappa shape index (κ1) is 11.1. The summed E-state index contributed by atoms with van der Waals surface area (Å²) in [7, 11) is 0. The zero-order valence-corrected chi connectivity index (χ0v) is 10.6. The molecule has 92 valence electrons. The third kappa shape index (κ3) is 1.72. The van der Waals surface area contributed by atoms with E-state index in [1.54, 1.807) is 0 Å². The summed E-state index contributed by atoms with van der Waals surface area (Å²) in [5.41, 5.74) is 5.59. The zero-order valence-electron chi connectivity index (χ0n) is 10.6. The number of para-hydroxylation sites is 1. The molecule has 0 radical (unpaired) electrons. The largest absolute Gasteiger partial charge is 0.362 e. The van der Waals surface area contributed by atoms with Crippen LogP contribution in [0.5, 0.6) is 0 Å². The van der Waals surface area contributed by atoms with Crippen LogP contribution in [0.3, 0.4) is 0 Å². The van der Waals surface area contributed by atoms with Crippen LogP contribution in [0, 0.1) is 13.8 Å². The molecule has 0 fully saturated rings. The Morgan fingerprint density at radius 2 is 2.00 bits per heavy atom. The Hall–Kier alpha value is -2.03. The van der Waals surface area contributed by atoms with E-state index < -0.39 is 0 Å². The SMILES string of the molecule is Cc1cc(C)c(CC2C(=O)Nc3ccccc32)[nH]1. The highest BCUT2D eigenvalue weighted by Gasteiger charge is 2.30. The molecule has 1 amide bonds. The Balaban J connectivity index is 1.94. The number of carbonyl (C=O) groups is 1. The number of carbonyl (C=O) groups excluding carboxylic acids is 1. The van der Waals surface area contributed by atoms with Crippen LogP contribution in [0.2, 0.25) is 0 Å². The lowest BCUT2D eigenvalue weighted by molar-refractivity contribution is -0.117. The predicted molar refractivity (Wildman–Crippen MR) is 71.8 cm³/mol. The van der Waals surface area contributed by atoms with E-state index in [0.717, 1.165) is 29.1 Å². The highest BCUT2D eigenvalue weighted by molar-refractivity contribution is 6.02. The van der Waals surface area contributed by atoms with Gasteiger partial charge in [0.25, 0.3) is 0 Å². The molecule has 18 heavy (non-hydrogen) atoms. The highest BCUT2D eigenvalue weighted by Crippen LogP contribution is 2.34. The molecule has 0 saturated carbocycles. The fourth-order valence-corrected chi connectivity index (χ4v) is 2.68. The number of amides is 1. The van der Waals surface area contributed by atoms with Crippen LogP contribution in [-0.2, 0) is 11.2 Å². The molecule has 2 heterocycles. The average molecular weight is 240 g/mol. The third-order valence-electron chi connectivity index (χ3n) is 3.58. The van der Waals surface area contributed by atoms with E-state index in [0.29, 0.717) is 0 Å². The topological polar surface area (TPSA) is 44.9 Å². The fourth-order valence-electron chi connectivity index (χ4n) is 2.68. The summed E-state index contributed by atoms with van der Waals surface area (Å²) in [6.45, 7) is 4.12. The first-order valence-electron chi connectivity index (χ1n) is 6.20. The monoisotopic (exact) mass is 240 g/mol. The van der Waals surface area contributed by atoms with Crippen molar-refractivity contribution >= 4 is 11.6 Å². The van der Waals surface area contributed by atoms with Gasteiger partial charge in [0.1, 0.15) is 0 Å². The molecule has 2 N–H and O–H groups in total. The van der Waals surface area contributed by atoms with Crippen LogP contribution in [0.1, 0.15) is 28.4 Å². The lowest BCUT2D eigenvalue weighted by atomic mass is 9.95. The summed E-state index contributed by atoms with van der Waals surface area (Å²) < 4.78 is 0. The second kappa shape index (κ2) is 4.02. The maximum atomic E-state index is 12.0. The smallest absolute Gasteiger partial charge is 0.232 e. The second-order valence-electron chi connectivity index (χ2n) is 4.95. The molecule has 2 aromatic rings. The van der Waals surface area contributed by atoms with Crippen molar-refractivity contribution in [2.75, 3.05) is 5.32 Å². The summed E-state index contributed by atoms with van der Waals surface area (Å²) in [5.74, 6) is 0.0285. The minimum atomic E-state index is -0.0713. The number of aromatic amines is 1. The van der Waals surface area contributed by atoms with Gasteiger partial charge in [-0.05, 0) is 37.1 Å². The van der Waals surface area contributed by atoms with E-state index in [1.807, 2.05) is 31.2 Å². The molecule has 0 spiro atoms. The van der Waals surface area contributed by atoms with Gasteiger partial charge in [0, 0.05) is 23.5 Å². The summed E-state index contributed by atoms with van der Waals surface area (Å²) in [6, 6.07) is 10.0. The molecule has 1 unspecified atom stereocenters. The lowest BCUT2D eigenvalue weighted by Crippen LogP contribution is -2.14. The zero-order chi connectivity index (χ0) is 12.7. The van der Waals surface area contributed by atoms with E-state index in [-0.39, 0.29) is 11.8 Å². The first-order valence-corrected chi connectivity index (χ1v) is 6.20. The van der Waals surface area contributed by atoms with Crippen LogP contribution in [-0.4, -0.2) is 10.9 Å². The molecule has 0 aliphatic carbocycles. The summed E-state index contributed by atoms with van der Waals surface area (Å²) in [6.07, 6.45) is 0.739. The maximum Gasteiger partial charge on any atom is 0.232 e. The Morgan fingerprint density at radius 1 is 1.22 bits per heavy atom. The Morgan fingerprint density at radius 3 is 2.72 bits per heavy atom. The van der Waals surface area contributed by atoms with Crippen molar-refractivity contribution in [3.05, 3.63) is 52.8 Å². The van der Waals surface area contributed by atoms with Crippen LogP contribution < -0.4 is 5.32 Å². The average Bonchev–Trinajstić information content (AvgIpc) is 2.81. The molecule has 1 aromatic heterocycles. The number of hydrogen-bond acceptors (Lipinski definition) is 1. The van der Waals surface area contributed by atoms with Gasteiger partial charge < -0.3 is 10.3 Å². The molecule has 3 rings (SSSR count). The molecule has 1 aromatic carbocycles. The minimum Gasteiger partial charge on any atom is -0.362 e. The Labute approximate surface area is 106 Å². The van der Waals surface area contributed by atoms with Crippen molar-refractivity contribution in [1.82, 2.24) is 4.98 Å². The van der Waals surface area contributed by atoms with Crippen molar-refractivity contribution in [2.45, 2.75) is 26.2 Å². The van der Waals surface area contributed by atoms with Crippen LogP contribution >= 0.6 is 0 Å². The van der Waals surface area contributed by atoms with Crippen molar-refractivity contribution in [3.8, 4) is 0 Å². The van der Waals surface area contributed by atoms with Gasteiger partial charge in [-0.2, -0.15) is 0 Å². The van der Waals surface area contributed by atoms with Crippen LogP contribution in [0.15, 0.2) is 30.3 Å². The van der Waals surface area contributed by atoms with Gasteiger partial charge in [-0.3, -0.25) is 4.79 Å². The Kier molecular flexibility index (Phi) is 2.47. The molecule has 1 aliphatic heterocycles. The van der Waals surface area contributed by atoms with Crippen molar-refractivity contribution in [2.24, 2.45) is 0 Å². The van der Waals surface area contributed by atoms with Crippen LogP contribution in [0.25, 0.3) is 0 Å². The number of benzene rings is 1. The molecule has 0 saturated heterocycles. The van der Waals surface area contributed by atoms with E-state index >= 15 is 0 Å². The number of hydrogen-bond donors (Lipinski definition) is 2. The third-order valence-corrected chi connectivity index (χ3v) is 3.58. The highest BCUT2D eigenvalue weighted by atomic mass is 16.2. The van der Waals surface area contributed by atoms with E-state index in [4.69, 9.17) is 0 Å². The summed E-state index contributed by atoms with van der Waals surface area (Å²) >= 11 is 0. The van der Waals surface area contributed by atoms with Gasteiger partial charge in [0.2, 0.25) is 5.91 Å². The summed E-state index contributed by atoms with van der Waals surface area (Å²) in [5, 5.41) is 2.94. The molecular formula is C15H16N2O. The van der Waals surface area contributed by atoms with Gasteiger partial charge in [-0.15, -0.1) is 0 Å². The molecule has 3 heteroatoms. The minimum absolute atomic E-state index is 0.0713. The van der Waals surface area contributed by atoms with Crippen molar-refractivity contribution in [3.63, 3.8) is 0 Å². The quantitative estimate of drug-likeness (QED) is 0.833. The van der Waals surface area contributed by atoms with Crippen LogP contribution in [0.4, 0.5) is 5.69 Å². The van der Waals surface area contributed by atoms with E-state index in [1.165, 1.54) is 5.56 Å². The molecule has 0 bridgehead atoms. The van der Waals surface area contributed by atoms with Crippen molar-refractivity contribution in [1.29, 1.82) is 0 Å². The van der Waals surface area contributed by atoms with Gasteiger partial charge in [0.15, 0.2) is 0 Å². The van der Waals surface area contributed by atoms with Gasteiger partial charge >= 0.3 is 0 Å².